The number of hydrogen-bond donors (Lipinski definition) is 1. The van der Waals surface area contributed by atoms with Gasteiger partial charge in [-0.1, -0.05) is 24.6 Å². The maximum atomic E-state index is 13.6. The van der Waals surface area contributed by atoms with Crippen LogP contribution in [0.15, 0.2) is 18.2 Å². The second-order valence-electron chi connectivity index (χ2n) is 4.84. The highest BCUT2D eigenvalue weighted by Crippen LogP contribution is 2.31. The second-order valence-corrected chi connectivity index (χ2v) is 5.25. The molecular weight excluding hydrogens is 237 g/mol. The Morgan fingerprint density at radius 1 is 1.41 bits per heavy atom. The van der Waals surface area contributed by atoms with Crippen molar-refractivity contribution in [2.45, 2.75) is 38.6 Å². The van der Waals surface area contributed by atoms with Crippen molar-refractivity contribution in [3.8, 4) is 0 Å². The van der Waals surface area contributed by atoms with Gasteiger partial charge in [0.05, 0.1) is 0 Å². The lowest BCUT2D eigenvalue weighted by Crippen LogP contribution is -2.26. The molecule has 0 saturated heterocycles. The molecule has 0 radical (unpaired) electrons. The Balaban J connectivity index is 1.98. The summed E-state index contributed by atoms with van der Waals surface area (Å²) >= 11 is 6.05. The van der Waals surface area contributed by atoms with E-state index >= 15 is 0 Å². The fourth-order valence-electron chi connectivity index (χ4n) is 2.75. The van der Waals surface area contributed by atoms with E-state index in [9.17, 15) is 4.39 Å². The molecule has 0 heterocycles. The van der Waals surface area contributed by atoms with Crippen LogP contribution in [-0.4, -0.2) is 12.6 Å². The fraction of sp³-hybridized carbons (Fsp3) is 0.571. The van der Waals surface area contributed by atoms with Gasteiger partial charge in [-0.3, -0.25) is 0 Å². The Labute approximate surface area is 107 Å². The minimum atomic E-state index is -0.163. The summed E-state index contributed by atoms with van der Waals surface area (Å²) < 4.78 is 13.6. The summed E-state index contributed by atoms with van der Waals surface area (Å²) in [5, 5.41) is 4.03. The molecule has 1 nitrogen and oxygen atoms in total. The molecule has 1 fully saturated rings. The zero-order valence-electron chi connectivity index (χ0n) is 10.2. The molecular formula is C14H19ClFN. The summed E-state index contributed by atoms with van der Waals surface area (Å²) in [6, 6.07) is 5.54. The lowest BCUT2D eigenvalue weighted by molar-refractivity contribution is 0.484. The smallest absolute Gasteiger partial charge is 0.127 e. The number of nitrogens with one attached hydrogen (secondary N) is 1. The Kier molecular flexibility index (Phi) is 4.41. The summed E-state index contributed by atoms with van der Waals surface area (Å²) in [6.45, 7) is 3.14. The summed E-state index contributed by atoms with van der Waals surface area (Å²) in [5.41, 5.74) is 0.691. The quantitative estimate of drug-likeness (QED) is 0.863. The lowest BCUT2D eigenvalue weighted by Gasteiger charge is -2.13. The summed E-state index contributed by atoms with van der Waals surface area (Å²) in [4.78, 5) is 0. The molecule has 1 N–H and O–H groups in total. The van der Waals surface area contributed by atoms with Crippen LogP contribution in [0.25, 0.3) is 0 Å². The van der Waals surface area contributed by atoms with Crippen LogP contribution >= 0.6 is 11.6 Å². The van der Waals surface area contributed by atoms with Crippen molar-refractivity contribution < 1.29 is 4.39 Å². The van der Waals surface area contributed by atoms with Gasteiger partial charge in [0.25, 0.3) is 0 Å². The summed E-state index contributed by atoms with van der Waals surface area (Å²) in [6.07, 6.45) is 4.28. The Hall–Kier alpha value is -0.600. The first-order valence-corrected chi connectivity index (χ1v) is 6.74. The van der Waals surface area contributed by atoms with E-state index in [2.05, 4.69) is 12.2 Å². The van der Waals surface area contributed by atoms with E-state index in [-0.39, 0.29) is 5.82 Å². The monoisotopic (exact) mass is 255 g/mol. The van der Waals surface area contributed by atoms with Gasteiger partial charge in [0, 0.05) is 16.6 Å². The van der Waals surface area contributed by atoms with E-state index in [1.165, 1.54) is 18.9 Å². The van der Waals surface area contributed by atoms with Crippen LogP contribution in [0.3, 0.4) is 0 Å². The average Bonchev–Trinajstić information content (AvgIpc) is 2.72. The van der Waals surface area contributed by atoms with E-state index in [0.717, 1.165) is 19.4 Å². The minimum Gasteiger partial charge on any atom is -0.314 e. The van der Waals surface area contributed by atoms with Crippen molar-refractivity contribution in [3.05, 3.63) is 34.6 Å². The molecule has 0 spiro atoms. The highest BCUT2D eigenvalue weighted by atomic mass is 35.5. The van der Waals surface area contributed by atoms with Gasteiger partial charge >= 0.3 is 0 Å². The predicted molar refractivity (Wildman–Crippen MR) is 69.9 cm³/mol. The Morgan fingerprint density at radius 2 is 2.24 bits per heavy atom. The maximum Gasteiger partial charge on any atom is 0.127 e. The van der Waals surface area contributed by atoms with E-state index in [1.54, 1.807) is 12.1 Å². The standard InChI is InChI=1S/C14H19ClFN/c1-2-17-11-7-6-10(8-11)9-12-13(15)4-3-5-14(12)16/h3-5,10-11,17H,2,6-9H2,1H3. The van der Waals surface area contributed by atoms with Crippen LogP contribution in [0, 0.1) is 11.7 Å². The van der Waals surface area contributed by atoms with Crippen molar-refractivity contribution >= 4 is 11.6 Å². The Bertz CT molecular complexity index is 360. The first-order chi connectivity index (χ1) is 8.20. The summed E-state index contributed by atoms with van der Waals surface area (Å²) in [7, 11) is 0. The maximum absolute atomic E-state index is 13.6. The number of benzene rings is 1. The van der Waals surface area contributed by atoms with Gasteiger partial charge in [0.1, 0.15) is 5.82 Å². The third kappa shape index (κ3) is 3.20. The lowest BCUT2D eigenvalue weighted by atomic mass is 9.97. The van der Waals surface area contributed by atoms with Gasteiger partial charge < -0.3 is 5.32 Å². The molecule has 3 heteroatoms. The van der Waals surface area contributed by atoms with Gasteiger partial charge in [-0.15, -0.1) is 0 Å². The van der Waals surface area contributed by atoms with Crippen LogP contribution in [0.4, 0.5) is 4.39 Å². The number of rotatable bonds is 4. The first-order valence-electron chi connectivity index (χ1n) is 6.37. The van der Waals surface area contributed by atoms with Gasteiger partial charge in [0.15, 0.2) is 0 Å². The van der Waals surface area contributed by atoms with Crippen molar-refractivity contribution in [3.63, 3.8) is 0 Å². The molecule has 2 unspecified atom stereocenters. The third-order valence-electron chi connectivity index (χ3n) is 3.59. The zero-order chi connectivity index (χ0) is 12.3. The molecule has 1 aliphatic carbocycles. The van der Waals surface area contributed by atoms with Crippen LogP contribution in [0.2, 0.25) is 5.02 Å². The van der Waals surface area contributed by atoms with E-state index in [1.807, 2.05) is 0 Å². The molecule has 0 bridgehead atoms. The zero-order valence-corrected chi connectivity index (χ0v) is 10.9. The van der Waals surface area contributed by atoms with E-state index in [0.29, 0.717) is 22.5 Å². The topological polar surface area (TPSA) is 12.0 Å². The largest absolute Gasteiger partial charge is 0.314 e. The minimum absolute atomic E-state index is 0.163. The fourth-order valence-corrected chi connectivity index (χ4v) is 2.99. The Morgan fingerprint density at radius 3 is 2.94 bits per heavy atom. The van der Waals surface area contributed by atoms with Crippen molar-refractivity contribution in [2.24, 2.45) is 5.92 Å². The highest BCUT2D eigenvalue weighted by Gasteiger charge is 2.25. The SMILES string of the molecule is CCNC1CCC(Cc2c(F)cccc2Cl)C1. The van der Waals surface area contributed by atoms with E-state index in [4.69, 9.17) is 11.6 Å². The van der Waals surface area contributed by atoms with Crippen molar-refractivity contribution in [1.82, 2.24) is 5.32 Å². The van der Waals surface area contributed by atoms with Gasteiger partial charge in [-0.2, -0.15) is 0 Å². The van der Waals surface area contributed by atoms with Crippen LogP contribution in [0.1, 0.15) is 31.7 Å². The van der Waals surface area contributed by atoms with Crippen LogP contribution in [0.5, 0.6) is 0 Å². The van der Waals surface area contributed by atoms with Crippen LogP contribution in [-0.2, 0) is 6.42 Å². The van der Waals surface area contributed by atoms with Crippen molar-refractivity contribution in [2.75, 3.05) is 6.54 Å². The van der Waals surface area contributed by atoms with E-state index < -0.39 is 0 Å². The highest BCUT2D eigenvalue weighted by molar-refractivity contribution is 6.31. The normalized spacial score (nSPS) is 24.2. The molecule has 2 rings (SSSR count). The third-order valence-corrected chi connectivity index (χ3v) is 3.94. The molecule has 1 aromatic carbocycles. The predicted octanol–water partition coefficient (Wildman–Crippen LogP) is 3.80. The molecule has 0 aliphatic heterocycles. The van der Waals surface area contributed by atoms with Crippen LogP contribution < -0.4 is 5.32 Å². The molecule has 94 valence electrons. The van der Waals surface area contributed by atoms with Gasteiger partial charge in [-0.25, -0.2) is 4.39 Å². The second kappa shape index (κ2) is 5.83. The number of hydrogen-bond acceptors (Lipinski definition) is 1. The molecule has 0 amide bonds. The molecule has 1 aliphatic rings. The molecule has 17 heavy (non-hydrogen) atoms. The first kappa shape index (κ1) is 12.8. The average molecular weight is 256 g/mol. The molecule has 1 aromatic rings. The molecule has 2 atom stereocenters. The molecule has 0 aromatic heterocycles. The van der Waals surface area contributed by atoms with Gasteiger partial charge in [0.2, 0.25) is 0 Å². The molecule has 1 saturated carbocycles. The summed E-state index contributed by atoms with van der Waals surface area (Å²) in [5.74, 6) is 0.401. The number of halogens is 2. The van der Waals surface area contributed by atoms with Crippen molar-refractivity contribution in [1.29, 1.82) is 0 Å². The van der Waals surface area contributed by atoms with Gasteiger partial charge in [-0.05, 0) is 50.3 Å².